The van der Waals surface area contributed by atoms with Crippen LogP contribution >= 0.6 is 11.6 Å². The van der Waals surface area contributed by atoms with Gasteiger partial charge in [0.15, 0.2) is 0 Å². The lowest BCUT2D eigenvalue weighted by Gasteiger charge is -2.17. The second-order valence-corrected chi connectivity index (χ2v) is 4.68. The maximum Gasteiger partial charge on any atom is 0.126 e. The summed E-state index contributed by atoms with van der Waals surface area (Å²) in [5.41, 5.74) is 1.25. The Balaban J connectivity index is 2.17. The van der Waals surface area contributed by atoms with Crippen LogP contribution in [0, 0.1) is 0 Å². The summed E-state index contributed by atoms with van der Waals surface area (Å²) in [6.07, 6.45) is 4.78. The molecule has 96 valence electrons. The largest absolute Gasteiger partial charge is 0.334 e. The maximum absolute atomic E-state index is 5.90. The van der Waals surface area contributed by atoms with Crippen molar-refractivity contribution in [3.8, 4) is 0 Å². The Morgan fingerprint density at radius 2 is 2.06 bits per heavy atom. The molecule has 4 heteroatoms. The predicted octanol–water partition coefficient (Wildman–Crippen LogP) is 3.06. The molecule has 1 aromatic heterocycles. The summed E-state index contributed by atoms with van der Waals surface area (Å²) in [6.45, 7) is 3.06. The lowest BCUT2D eigenvalue weighted by Crippen LogP contribution is -2.22. The molecule has 0 saturated carbocycles. The van der Waals surface area contributed by atoms with Gasteiger partial charge in [0.05, 0.1) is 6.04 Å². The lowest BCUT2D eigenvalue weighted by molar-refractivity contribution is 0.523. The number of hydrogen-bond acceptors (Lipinski definition) is 2. The third kappa shape index (κ3) is 2.92. The van der Waals surface area contributed by atoms with Crippen molar-refractivity contribution in [1.29, 1.82) is 0 Å². The number of imidazole rings is 1. The summed E-state index contributed by atoms with van der Waals surface area (Å²) < 4.78 is 2.16. The molecule has 0 spiro atoms. The fourth-order valence-corrected chi connectivity index (χ4v) is 2.20. The predicted molar refractivity (Wildman–Crippen MR) is 74.9 cm³/mol. The van der Waals surface area contributed by atoms with Gasteiger partial charge in [-0.2, -0.15) is 0 Å². The fourth-order valence-electron chi connectivity index (χ4n) is 2.08. The third-order valence-corrected chi connectivity index (χ3v) is 3.35. The molecular weight excluding hydrogens is 246 g/mol. The number of benzene rings is 1. The monoisotopic (exact) mass is 263 g/mol. The maximum atomic E-state index is 5.90. The standard InChI is InChI=1S/C14H18ClN3/c1-3-18-9-8-17-14(18)13(16-2)10-11-4-6-12(15)7-5-11/h4-9,13,16H,3,10H2,1-2H3. The zero-order valence-corrected chi connectivity index (χ0v) is 11.5. The van der Waals surface area contributed by atoms with Crippen LogP contribution in [0.4, 0.5) is 0 Å². The molecule has 0 bridgehead atoms. The molecule has 0 aliphatic heterocycles. The molecular formula is C14H18ClN3. The number of nitrogens with zero attached hydrogens (tertiary/aromatic N) is 2. The molecule has 3 nitrogen and oxygen atoms in total. The zero-order valence-electron chi connectivity index (χ0n) is 10.7. The van der Waals surface area contributed by atoms with Gasteiger partial charge in [-0.15, -0.1) is 0 Å². The van der Waals surface area contributed by atoms with Crippen LogP contribution in [-0.4, -0.2) is 16.6 Å². The van der Waals surface area contributed by atoms with Crippen LogP contribution in [0.5, 0.6) is 0 Å². The number of aryl methyl sites for hydroxylation is 1. The van der Waals surface area contributed by atoms with Gasteiger partial charge in [-0.1, -0.05) is 23.7 Å². The second-order valence-electron chi connectivity index (χ2n) is 4.24. The van der Waals surface area contributed by atoms with E-state index >= 15 is 0 Å². The number of hydrogen-bond donors (Lipinski definition) is 1. The summed E-state index contributed by atoms with van der Waals surface area (Å²) in [7, 11) is 1.97. The van der Waals surface area contributed by atoms with Crippen molar-refractivity contribution in [1.82, 2.24) is 14.9 Å². The first kappa shape index (κ1) is 13.1. The van der Waals surface area contributed by atoms with Gasteiger partial charge in [-0.3, -0.25) is 0 Å². The summed E-state index contributed by atoms with van der Waals surface area (Å²) in [6, 6.07) is 8.20. The first-order chi connectivity index (χ1) is 8.74. The third-order valence-electron chi connectivity index (χ3n) is 3.10. The second kappa shape index (κ2) is 6.03. The minimum Gasteiger partial charge on any atom is -0.334 e. The van der Waals surface area contributed by atoms with Gasteiger partial charge in [0, 0.05) is 24.0 Å². The number of halogens is 1. The number of rotatable bonds is 5. The van der Waals surface area contributed by atoms with Crippen LogP contribution < -0.4 is 5.32 Å². The highest BCUT2D eigenvalue weighted by molar-refractivity contribution is 6.30. The molecule has 2 rings (SSSR count). The molecule has 1 unspecified atom stereocenters. The van der Waals surface area contributed by atoms with Gasteiger partial charge in [0.25, 0.3) is 0 Å². The minimum absolute atomic E-state index is 0.223. The molecule has 0 radical (unpaired) electrons. The van der Waals surface area contributed by atoms with E-state index in [1.165, 1.54) is 5.56 Å². The van der Waals surface area contributed by atoms with E-state index in [0.717, 1.165) is 23.8 Å². The van der Waals surface area contributed by atoms with E-state index in [0.29, 0.717) is 0 Å². The fraction of sp³-hybridized carbons (Fsp3) is 0.357. The molecule has 0 amide bonds. The van der Waals surface area contributed by atoms with E-state index in [9.17, 15) is 0 Å². The minimum atomic E-state index is 0.223. The Labute approximate surface area is 113 Å². The van der Waals surface area contributed by atoms with Crippen molar-refractivity contribution in [2.45, 2.75) is 25.9 Å². The van der Waals surface area contributed by atoms with Crippen LogP contribution in [0.1, 0.15) is 24.4 Å². The smallest absolute Gasteiger partial charge is 0.126 e. The summed E-state index contributed by atoms with van der Waals surface area (Å²) >= 11 is 5.90. The first-order valence-corrected chi connectivity index (χ1v) is 6.55. The Hall–Kier alpha value is -1.32. The van der Waals surface area contributed by atoms with Crippen LogP contribution in [0.25, 0.3) is 0 Å². The van der Waals surface area contributed by atoms with E-state index in [-0.39, 0.29) is 6.04 Å². The molecule has 1 aromatic carbocycles. The SMILES string of the molecule is CCn1ccnc1C(Cc1ccc(Cl)cc1)NC. The van der Waals surface area contributed by atoms with Crippen molar-refractivity contribution < 1.29 is 0 Å². The van der Waals surface area contributed by atoms with Crippen molar-refractivity contribution in [2.75, 3.05) is 7.05 Å². The summed E-state index contributed by atoms with van der Waals surface area (Å²) in [5.74, 6) is 1.08. The molecule has 18 heavy (non-hydrogen) atoms. The molecule has 1 atom stereocenters. The Bertz CT molecular complexity index is 490. The van der Waals surface area contributed by atoms with E-state index in [4.69, 9.17) is 11.6 Å². The van der Waals surface area contributed by atoms with Gasteiger partial charge in [-0.05, 0) is 38.1 Å². The molecule has 1 N–H and O–H groups in total. The van der Waals surface area contributed by atoms with Crippen molar-refractivity contribution >= 4 is 11.6 Å². The normalized spacial score (nSPS) is 12.6. The van der Waals surface area contributed by atoms with Gasteiger partial charge in [0.1, 0.15) is 5.82 Å². The zero-order chi connectivity index (χ0) is 13.0. The van der Waals surface area contributed by atoms with Crippen LogP contribution in [-0.2, 0) is 13.0 Å². The topological polar surface area (TPSA) is 29.9 Å². The molecule has 0 aliphatic carbocycles. The summed E-state index contributed by atoms with van der Waals surface area (Å²) in [4.78, 5) is 4.45. The Kier molecular flexibility index (Phi) is 4.39. The van der Waals surface area contributed by atoms with Crippen molar-refractivity contribution in [2.24, 2.45) is 0 Å². The van der Waals surface area contributed by atoms with Crippen molar-refractivity contribution in [3.05, 3.63) is 53.1 Å². The molecule has 0 aliphatic rings. The number of nitrogens with one attached hydrogen (secondary N) is 1. The Morgan fingerprint density at radius 1 is 1.33 bits per heavy atom. The van der Waals surface area contributed by atoms with Gasteiger partial charge < -0.3 is 9.88 Å². The Morgan fingerprint density at radius 3 is 2.67 bits per heavy atom. The van der Waals surface area contributed by atoms with E-state index in [1.54, 1.807) is 0 Å². The van der Waals surface area contributed by atoms with Crippen LogP contribution in [0.2, 0.25) is 5.02 Å². The average molecular weight is 264 g/mol. The number of aromatic nitrogens is 2. The highest BCUT2D eigenvalue weighted by atomic mass is 35.5. The molecule has 0 saturated heterocycles. The highest BCUT2D eigenvalue weighted by Gasteiger charge is 2.15. The molecule has 1 heterocycles. The van der Waals surface area contributed by atoms with E-state index in [2.05, 4.69) is 33.9 Å². The highest BCUT2D eigenvalue weighted by Crippen LogP contribution is 2.18. The molecule has 2 aromatic rings. The van der Waals surface area contributed by atoms with E-state index < -0.39 is 0 Å². The van der Waals surface area contributed by atoms with Gasteiger partial charge >= 0.3 is 0 Å². The van der Waals surface area contributed by atoms with Crippen LogP contribution in [0.3, 0.4) is 0 Å². The molecule has 0 fully saturated rings. The number of likely N-dealkylation sites (N-methyl/N-ethyl adjacent to an activating group) is 1. The first-order valence-electron chi connectivity index (χ1n) is 6.17. The van der Waals surface area contributed by atoms with Gasteiger partial charge in [0.2, 0.25) is 0 Å². The summed E-state index contributed by atoms with van der Waals surface area (Å²) in [5, 5.41) is 4.10. The average Bonchev–Trinajstić information content (AvgIpc) is 2.86. The van der Waals surface area contributed by atoms with Crippen molar-refractivity contribution in [3.63, 3.8) is 0 Å². The lowest BCUT2D eigenvalue weighted by atomic mass is 10.1. The van der Waals surface area contributed by atoms with E-state index in [1.807, 2.05) is 31.6 Å². The van der Waals surface area contributed by atoms with Gasteiger partial charge in [-0.25, -0.2) is 4.98 Å². The quantitative estimate of drug-likeness (QED) is 0.899. The van der Waals surface area contributed by atoms with Crippen LogP contribution in [0.15, 0.2) is 36.7 Å².